The molecule has 0 bridgehead atoms. The highest BCUT2D eigenvalue weighted by Gasteiger charge is 2.23. The van der Waals surface area contributed by atoms with Crippen molar-refractivity contribution in [1.82, 2.24) is 5.32 Å². The number of hydrogen-bond donors (Lipinski definition) is 1. The Labute approximate surface area is 134 Å². The lowest BCUT2D eigenvalue weighted by Gasteiger charge is -2.36. The molecular formula is C18H29ClN2. The van der Waals surface area contributed by atoms with E-state index in [9.17, 15) is 0 Å². The van der Waals surface area contributed by atoms with Crippen LogP contribution in [0.1, 0.15) is 58.1 Å². The maximum absolute atomic E-state index is 6.55. The highest BCUT2D eigenvalue weighted by Crippen LogP contribution is 2.34. The summed E-state index contributed by atoms with van der Waals surface area (Å²) in [5, 5.41) is 4.31. The standard InChI is InChI=1S/C18H29ClN2/c1-5-20-14(3)15-9-10-18(17(19)12-15)21(4)16-8-6-7-13(2)11-16/h9-10,12-14,16,20H,5-8,11H2,1-4H3. The molecule has 1 aromatic carbocycles. The predicted octanol–water partition coefficient (Wildman–Crippen LogP) is 5.03. The van der Waals surface area contributed by atoms with Gasteiger partial charge >= 0.3 is 0 Å². The molecule has 21 heavy (non-hydrogen) atoms. The molecule has 118 valence electrons. The summed E-state index contributed by atoms with van der Waals surface area (Å²) in [5.41, 5.74) is 2.43. The van der Waals surface area contributed by atoms with Crippen molar-refractivity contribution >= 4 is 17.3 Å². The summed E-state index contributed by atoms with van der Waals surface area (Å²) in [5.74, 6) is 0.832. The largest absolute Gasteiger partial charge is 0.370 e. The van der Waals surface area contributed by atoms with Gasteiger partial charge in [0, 0.05) is 19.1 Å². The van der Waals surface area contributed by atoms with Crippen LogP contribution in [-0.4, -0.2) is 19.6 Å². The molecule has 2 rings (SSSR count). The molecule has 1 aliphatic rings. The molecule has 0 heterocycles. The first kappa shape index (κ1) is 16.6. The molecule has 2 nitrogen and oxygen atoms in total. The molecule has 0 amide bonds. The number of nitrogens with zero attached hydrogens (tertiary/aromatic N) is 1. The van der Waals surface area contributed by atoms with Crippen LogP contribution in [-0.2, 0) is 0 Å². The molecule has 0 spiro atoms. The van der Waals surface area contributed by atoms with E-state index in [0.717, 1.165) is 17.5 Å². The zero-order valence-corrected chi connectivity index (χ0v) is 14.6. The van der Waals surface area contributed by atoms with Crippen molar-refractivity contribution in [3.05, 3.63) is 28.8 Å². The first-order valence-corrected chi connectivity index (χ1v) is 8.66. The van der Waals surface area contributed by atoms with Gasteiger partial charge in [-0.15, -0.1) is 0 Å². The van der Waals surface area contributed by atoms with Gasteiger partial charge in [-0.1, -0.05) is 44.4 Å². The van der Waals surface area contributed by atoms with Crippen molar-refractivity contribution in [2.45, 2.75) is 58.5 Å². The van der Waals surface area contributed by atoms with E-state index in [0.29, 0.717) is 12.1 Å². The van der Waals surface area contributed by atoms with Gasteiger partial charge in [0.1, 0.15) is 0 Å². The summed E-state index contributed by atoms with van der Waals surface area (Å²) in [6.07, 6.45) is 5.27. The lowest BCUT2D eigenvalue weighted by molar-refractivity contribution is 0.336. The summed E-state index contributed by atoms with van der Waals surface area (Å²) in [6.45, 7) is 7.65. The van der Waals surface area contributed by atoms with Crippen LogP contribution < -0.4 is 10.2 Å². The molecule has 1 aliphatic carbocycles. The summed E-state index contributed by atoms with van der Waals surface area (Å²) in [6, 6.07) is 7.49. The third-order valence-electron chi connectivity index (χ3n) is 4.82. The molecule has 0 aliphatic heterocycles. The van der Waals surface area contributed by atoms with Crippen LogP contribution in [0.2, 0.25) is 5.02 Å². The van der Waals surface area contributed by atoms with E-state index >= 15 is 0 Å². The predicted molar refractivity (Wildman–Crippen MR) is 93.4 cm³/mol. The number of rotatable bonds is 5. The number of anilines is 1. The van der Waals surface area contributed by atoms with Crippen LogP contribution in [0.4, 0.5) is 5.69 Å². The van der Waals surface area contributed by atoms with Crippen LogP contribution in [0.15, 0.2) is 18.2 Å². The fraction of sp³-hybridized carbons (Fsp3) is 0.667. The minimum atomic E-state index is 0.349. The van der Waals surface area contributed by atoms with Gasteiger partial charge in [-0.3, -0.25) is 0 Å². The normalized spacial score (nSPS) is 23.9. The Hall–Kier alpha value is -0.730. The molecule has 1 N–H and O–H groups in total. The topological polar surface area (TPSA) is 15.3 Å². The molecule has 0 saturated heterocycles. The fourth-order valence-corrected chi connectivity index (χ4v) is 3.78. The molecule has 3 heteroatoms. The Morgan fingerprint density at radius 1 is 1.38 bits per heavy atom. The molecular weight excluding hydrogens is 280 g/mol. The van der Waals surface area contributed by atoms with Gasteiger partial charge in [0.25, 0.3) is 0 Å². The zero-order valence-electron chi connectivity index (χ0n) is 13.8. The monoisotopic (exact) mass is 308 g/mol. The second-order valence-electron chi connectivity index (χ2n) is 6.53. The Bertz CT molecular complexity index is 461. The van der Waals surface area contributed by atoms with Crippen molar-refractivity contribution in [2.75, 3.05) is 18.5 Å². The van der Waals surface area contributed by atoms with Crippen LogP contribution in [0, 0.1) is 5.92 Å². The maximum atomic E-state index is 6.55. The van der Waals surface area contributed by atoms with Gasteiger partial charge < -0.3 is 10.2 Å². The maximum Gasteiger partial charge on any atom is 0.0642 e. The smallest absolute Gasteiger partial charge is 0.0642 e. The summed E-state index contributed by atoms with van der Waals surface area (Å²) < 4.78 is 0. The average Bonchev–Trinajstić information content (AvgIpc) is 2.46. The summed E-state index contributed by atoms with van der Waals surface area (Å²) in [7, 11) is 2.19. The van der Waals surface area contributed by atoms with E-state index < -0.39 is 0 Å². The number of nitrogens with one attached hydrogen (secondary N) is 1. The van der Waals surface area contributed by atoms with Gasteiger partial charge in [-0.2, -0.15) is 0 Å². The Kier molecular flexibility index (Phi) is 5.95. The van der Waals surface area contributed by atoms with E-state index in [4.69, 9.17) is 11.6 Å². The minimum Gasteiger partial charge on any atom is -0.370 e. The van der Waals surface area contributed by atoms with Crippen LogP contribution in [0.3, 0.4) is 0 Å². The van der Waals surface area contributed by atoms with Crippen molar-refractivity contribution in [2.24, 2.45) is 5.92 Å². The lowest BCUT2D eigenvalue weighted by atomic mass is 9.86. The van der Waals surface area contributed by atoms with E-state index in [1.54, 1.807) is 0 Å². The lowest BCUT2D eigenvalue weighted by Crippen LogP contribution is -2.35. The van der Waals surface area contributed by atoms with Crippen LogP contribution >= 0.6 is 11.6 Å². The molecule has 3 atom stereocenters. The van der Waals surface area contributed by atoms with Crippen molar-refractivity contribution in [3.63, 3.8) is 0 Å². The first-order chi connectivity index (χ1) is 10.0. The van der Waals surface area contributed by atoms with Crippen molar-refractivity contribution in [1.29, 1.82) is 0 Å². The highest BCUT2D eigenvalue weighted by atomic mass is 35.5. The van der Waals surface area contributed by atoms with Crippen LogP contribution in [0.5, 0.6) is 0 Å². The molecule has 1 aromatic rings. The van der Waals surface area contributed by atoms with E-state index in [2.05, 4.69) is 56.2 Å². The second kappa shape index (κ2) is 7.51. The highest BCUT2D eigenvalue weighted by molar-refractivity contribution is 6.33. The SMILES string of the molecule is CCNC(C)c1ccc(N(C)C2CCCC(C)C2)c(Cl)c1. The first-order valence-electron chi connectivity index (χ1n) is 8.28. The van der Waals surface area contributed by atoms with Crippen molar-refractivity contribution in [3.8, 4) is 0 Å². The molecule has 3 unspecified atom stereocenters. The number of benzene rings is 1. The molecule has 1 fully saturated rings. The zero-order chi connectivity index (χ0) is 15.4. The molecule has 0 aromatic heterocycles. The molecule has 0 radical (unpaired) electrons. The van der Waals surface area contributed by atoms with Gasteiger partial charge in [0.15, 0.2) is 0 Å². The Balaban J connectivity index is 2.12. The Morgan fingerprint density at radius 3 is 2.76 bits per heavy atom. The van der Waals surface area contributed by atoms with Crippen molar-refractivity contribution < 1.29 is 0 Å². The van der Waals surface area contributed by atoms with Gasteiger partial charge in [0.05, 0.1) is 10.7 Å². The van der Waals surface area contributed by atoms with Gasteiger partial charge in [-0.05, 0) is 49.9 Å². The van der Waals surface area contributed by atoms with Gasteiger partial charge in [0.2, 0.25) is 0 Å². The minimum absolute atomic E-state index is 0.349. The quantitative estimate of drug-likeness (QED) is 0.821. The van der Waals surface area contributed by atoms with E-state index in [1.807, 2.05) is 0 Å². The van der Waals surface area contributed by atoms with Gasteiger partial charge in [-0.25, -0.2) is 0 Å². The third-order valence-corrected chi connectivity index (χ3v) is 5.12. The fourth-order valence-electron chi connectivity index (χ4n) is 3.45. The summed E-state index contributed by atoms with van der Waals surface area (Å²) in [4.78, 5) is 2.39. The second-order valence-corrected chi connectivity index (χ2v) is 6.93. The third kappa shape index (κ3) is 4.14. The number of hydrogen-bond acceptors (Lipinski definition) is 2. The molecule has 1 saturated carbocycles. The van der Waals surface area contributed by atoms with E-state index in [1.165, 1.54) is 36.9 Å². The number of halogens is 1. The summed E-state index contributed by atoms with van der Waals surface area (Å²) >= 11 is 6.55. The van der Waals surface area contributed by atoms with Crippen LogP contribution in [0.25, 0.3) is 0 Å². The Morgan fingerprint density at radius 2 is 2.14 bits per heavy atom. The van der Waals surface area contributed by atoms with E-state index in [-0.39, 0.29) is 0 Å². The average molecular weight is 309 g/mol.